The van der Waals surface area contributed by atoms with Gasteiger partial charge in [0.05, 0.1) is 0 Å². The van der Waals surface area contributed by atoms with E-state index in [1.165, 1.54) is 23.8 Å². The molecule has 5 nitrogen and oxygen atoms in total. The molecule has 0 amide bonds. The van der Waals surface area contributed by atoms with E-state index in [9.17, 15) is 13.2 Å². The Labute approximate surface area is 160 Å². The van der Waals surface area contributed by atoms with E-state index in [4.69, 9.17) is 0 Å². The SMILES string of the molecule is CN=C(NCCc1c[nH]c2ccccc12)NCc1c(F)cccc1OC(F)F. The molecule has 1 heterocycles. The molecule has 8 heteroatoms. The number of aromatic amines is 1. The number of aromatic nitrogens is 1. The third kappa shape index (κ3) is 4.76. The lowest BCUT2D eigenvalue weighted by Gasteiger charge is -2.15. The van der Waals surface area contributed by atoms with Crippen LogP contribution in [-0.2, 0) is 13.0 Å². The second kappa shape index (κ2) is 9.16. The first-order chi connectivity index (χ1) is 13.6. The molecule has 0 radical (unpaired) electrons. The Bertz CT molecular complexity index is 956. The lowest BCUT2D eigenvalue weighted by atomic mass is 10.1. The monoisotopic (exact) mass is 390 g/mol. The highest BCUT2D eigenvalue weighted by molar-refractivity contribution is 5.83. The highest BCUT2D eigenvalue weighted by atomic mass is 19.3. The maximum atomic E-state index is 14.0. The maximum absolute atomic E-state index is 14.0. The van der Waals surface area contributed by atoms with Crippen molar-refractivity contribution in [2.24, 2.45) is 4.99 Å². The Kier molecular flexibility index (Phi) is 6.41. The quantitative estimate of drug-likeness (QED) is 0.425. The first-order valence-electron chi connectivity index (χ1n) is 8.80. The number of nitrogens with zero attached hydrogens (tertiary/aromatic N) is 1. The van der Waals surface area contributed by atoms with Gasteiger partial charge in [-0.2, -0.15) is 8.78 Å². The summed E-state index contributed by atoms with van der Waals surface area (Å²) in [6.07, 6.45) is 2.72. The van der Waals surface area contributed by atoms with Crippen LogP contribution < -0.4 is 15.4 Å². The Morgan fingerprint density at radius 1 is 1.14 bits per heavy atom. The minimum atomic E-state index is -3.02. The predicted molar refractivity (Wildman–Crippen MR) is 103 cm³/mol. The van der Waals surface area contributed by atoms with Crippen molar-refractivity contribution in [3.8, 4) is 5.75 Å². The molecule has 3 rings (SSSR count). The predicted octanol–water partition coefficient (Wildman–Crippen LogP) is 3.82. The number of benzene rings is 2. The van der Waals surface area contributed by atoms with E-state index >= 15 is 0 Å². The van der Waals surface area contributed by atoms with E-state index in [2.05, 4.69) is 31.4 Å². The summed E-state index contributed by atoms with van der Waals surface area (Å²) < 4.78 is 43.4. The number of hydrogen-bond donors (Lipinski definition) is 3. The van der Waals surface area contributed by atoms with Crippen molar-refractivity contribution in [3.63, 3.8) is 0 Å². The average Bonchev–Trinajstić information content (AvgIpc) is 3.09. The number of aliphatic imine (C=N–C) groups is 1. The van der Waals surface area contributed by atoms with Gasteiger partial charge in [0.1, 0.15) is 11.6 Å². The van der Waals surface area contributed by atoms with Gasteiger partial charge < -0.3 is 20.4 Å². The van der Waals surface area contributed by atoms with Crippen molar-refractivity contribution in [2.75, 3.05) is 13.6 Å². The average molecular weight is 390 g/mol. The van der Waals surface area contributed by atoms with Crippen molar-refractivity contribution < 1.29 is 17.9 Å². The van der Waals surface area contributed by atoms with Gasteiger partial charge in [-0.1, -0.05) is 24.3 Å². The fraction of sp³-hybridized carbons (Fsp3) is 0.250. The lowest BCUT2D eigenvalue weighted by Crippen LogP contribution is -2.38. The Balaban J connectivity index is 1.57. The van der Waals surface area contributed by atoms with Gasteiger partial charge >= 0.3 is 6.61 Å². The number of ether oxygens (including phenoxy) is 1. The topological polar surface area (TPSA) is 61.4 Å². The molecule has 0 saturated heterocycles. The van der Waals surface area contributed by atoms with Crippen molar-refractivity contribution >= 4 is 16.9 Å². The van der Waals surface area contributed by atoms with Gasteiger partial charge in [0.25, 0.3) is 0 Å². The summed E-state index contributed by atoms with van der Waals surface area (Å²) in [4.78, 5) is 7.30. The first kappa shape index (κ1) is 19.6. The summed E-state index contributed by atoms with van der Waals surface area (Å²) >= 11 is 0. The number of rotatable bonds is 7. The van der Waals surface area contributed by atoms with E-state index in [1.807, 2.05) is 24.4 Å². The number of fused-ring (bicyclic) bond motifs is 1. The van der Waals surface area contributed by atoms with Crippen molar-refractivity contribution in [1.82, 2.24) is 15.6 Å². The number of hydrogen-bond acceptors (Lipinski definition) is 2. The number of halogens is 3. The zero-order valence-corrected chi connectivity index (χ0v) is 15.3. The van der Waals surface area contributed by atoms with Crippen LogP contribution in [0.2, 0.25) is 0 Å². The summed E-state index contributed by atoms with van der Waals surface area (Å²) in [5.41, 5.74) is 2.26. The molecule has 2 aromatic carbocycles. The van der Waals surface area contributed by atoms with Crippen LogP contribution in [0, 0.1) is 5.82 Å². The molecule has 148 valence electrons. The van der Waals surface area contributed by atoms with Crippen molar-refractivity contribution in [2.45, 2.75) is 19.6 Å². The van der Waals surface area contributed by atoms with Crippen LogP contribution in [-0.4, -0.2) is 31.1 Å². The molecule has 3 aromatic rings. The Morgan fingerprint density at radius 2 is 1.96 bits per heavy atom. The smallest absolute Gasteiger partial charge is 0.387 e. The van der Waals surface area contributed by atoms with E-state index < -0.39 is 12.4 Å². The summed E-state index contributed by atoms with van der Waals surface area (Å²) in [5, 5.41) is 7.22. The molecule has 0 unspecified atom stereocenters. The standard InChI is InChI=1S/C20H21F3N4O/c1-24-20(25-10-9-13-11-26-17-7-3-2-5-14(13)17)27-12-15-16(21)6-4-8-18(15)28-19(22)23/h2-8,11,19,26H,9-10,12H2,1H3,(H2,24,25,27). The molecule has 0 fully saturated rings. The van der Waals surface area contributed by atoms with Gasteiger partial charge in [-0.3, -0.25) is 4.99 Å². The van der Waals surface area contributed by atoms with Gasteiger partial charge in [0, 0.05) is 42.8 Å². The lowest BCUT2D eigenvalue weighted by molar-refractivity contribution is -0.0506. The highest BCUT2D eigenvalue weighted by Gasteiger charge is 2.14. The number of H-pyrrole nitrogens is 1. The van der Waals surface area contributed by atoms with E-state index in [0.717, 1.165) is 17.3 Å². The van der Waals surface area contributed by atoms with E-state index in [0.29, 0.717) is 12.5 Å². The molecule has 0 saturated carbocycles. The van der Waals surface area contributed by atoms with Crippen molar-refractivity contribution in [1.29, 1.82) is 0 Å². The third-order valence-electron chi connectivity index (χ3n) is 4.31. The molecule has 0 aliphatic carbocycles. The molecular formula is C20H21F3N4O. The Morgan fingerprint density at radius 3 is 2.75 bits per heavy atom. The van der Waals surface area contributed by atoms with Crippen LogP contribution in [0.1, 0.15) is 11.1 Å². The fourth-order valence-electron chi connectivity index (χ4n) is 2.96. The minimum Gasteiger partial charge on any atom is -0.434 e. The summed E-state index contributed by atoms with van der Waals surface area (Å²) in [7, 11) is 1.58. The largest absolute Gasteiger partial charge is 0.434 e. The second-order valence-corrected chi connectivity index (χ2v) is 6.06. The molecule has 3 N–H and O–H groups in total. The fourth-order valence-corrected chi connectivity index (χ4v) is 2.96. The molecule has 0 aliphatic heterocycles. The van der Waals surface area contributed by atoms with Crippen LogP contribution >= 0.6 is 0 Å². The Hall–Kier alpha value is -3.16. The zero-order chi connectivity index (χ0) is 19.9. The van der Waals surface area contributed by atoms with Gasteiger partial charge in [0.2, 0.25) is 0 Å². The van der Waals surface area contributed by atoms with E-state index in [-0.39, 0.29) is 17.9 Å². The third-order valence-corrected chi connectivity index (χ3v) is 4.31. The van der Waals surface area contributed by atoms with Crippen LogP contribution in [0.15, 0.2) is 53.7 Å². The molecule has 0 bridgehead atoms. The number of guanidine groups is 1. The minimum absolute atomic E-state index is 0.0161. The molecule has 28 heavy (non-hydrogen) atoms. The summed E-state index contributed by atoms with van der Waals surface area (Å²) in [6.45, 7) is -2.46. The van der Waals surface area contributed by atoms with Gasteiger partial charge in [-0.15, -0.1) is 0 Å². The first-order valence-corrected chi connectivity index (χ1v) is 8.80. The second-order valence-electron chi connectivity index (χ2n) is 6.06. The molecule has 1 aromatic heterocycles. The van der Waals surface area contributed by atoms with Crippen molar-refractivity contribution in [3.05, 3.63) is 65.6 Å². The molecule has 0 atom stereocenters. The normalized spacial score (nSPS) is 11.8. The molecule has 0 spiro atoms. The van der Waals surface area contributed by atoms with Gasteiger partial charge in [-0.25, -0.2) is 4.39 Å². The van der Waals surface area contributed by atoms with Gasteiger partial charge in [-0.05, 0) is 30.2 Å². The molecule has 0 aliphatic rings. The number of nitrogens with one attached hydrogen (secondary N) is 3. The maximum Gasteiger partial charge on any atom is 0.387 e. The number of alkyl halides is 2. The summed E-state index contributed by atoms with van der Waals surface area (Å²) in [6, 6.07) is 11.9. The highest BCUT2D eigenvalue weighted by Crippen LogP contribution is 2.23. The van der Waals surface area contributed by atoms with Crippen LogP contribution in [0.5, 0.6) is 5.75 Å². The van der Waals surface area contributed by atoms with Crippen LogP contribution in [0.3, 0.4) is 0 Å². The summed E-state index contributed by atoms with van der Waals surface area (Å²) in [5.74, 6) is -0.386. The number of para-hydroxylation sites is 1. The van der Waals surface area contributed by atoms with Crippen LogP contribution in [0.4, 0.5) is 13.2 Å². The van der Waals surface area contributed by atoms with Crippen LogP contribution in [0.25, 0.3) is 10.9 Å². The molecular weight excluding hydrogens is 369 g/mol. The van der Waals surface area contributed by atoms with E-state index in [1.54, 1.807) is 7.05 Å². The zero-order valence-electron chi connectivity index (χ0n) is 15.3. The van der Waals surface area contributed by atoms with Gasteiger partial charge in [0.15, 0.2) is 5.96 Å².